The summed E-state index contributed by atoms with van der Waals surface area (Å²) in [4.78, 5) is 4.55. The lowest BCUT2D eigenvalue weighted by atomic mass is 10.1. The lowest BCUT2D eigenvalue weighted by Crippen LogP contribution is -2.39. The molecule has 28 heavy (non-hydrogen) atoms. The van der Waals surface area contributed by atoms with Gasteiger partial charge in [0.2, 0.25) is 0 Å². The standard InChI is InChI=1S/C22H31N3O3/c1-5-23-22(24-15-18(26)13-17-9-7-6-8-10-17)25-16(2)20-14-19(27-3)11-12-21(20)28-4/h6-12,14,16,18,26H,5,13,15H2,1-4H3,(H2,23,24,25). The van der Waals surface area contributed by atoms with E-state index in [0.717, 1.165) is 29.2 Å². The van der Waals surface area contributed by atoms with Crippen molar-refractivity contribution in [2.45, 2.75) is 32.4 Å². The van der Waals surface area contributed by atoms with Crippen LogP contribution < -0.4 is 20.1 Å². The van der Waals surface area contributed by atoms with Crippen LogP contribution in [0.1, 0.15) is 31.0 Å². The summed E-state index contributed by atoms with van der Waals surface area (Å²) in [6.45, 7) is 5.08. The molecule has 6 nitrogen and oxygen atoms in total. The van der Waals surface area contributed by atoms with Gasteiger partial charge in [0.25, 0.3) is 0 Å². The smallest absolute Gasteiger partial charge is 0.191 e. The molecule has 152 valence electrons. The van der Waals surface area contributed by atoms with E-state index >= 15 is 0 Å². The summed E-state index contributed by atoms with van der Waals surface area (Å²) in [5.41, 5.74) is 2.06. The first-order valence-corrected chi connectivity index (χ1v) is 9.56. The van der Waals surface area contributed by atoms with Crippen molar-refractivity contribution in [3.05, 3.63) is 59.7 Å². The molecule has 2 aromatic rings. The van der Waals surface area contributed by atoms with Gasteiger partial charge in [0.15, 0.2) is 5.96 Å². The van der Waals surface area contributed by atoms with Gasteiger partial charge in [0.05, 0.1) is 32.9 Å². The van der Waals surface area contributed by atoms with Crippen molar-refractivity contribution >= 4 is 5.96 Å². The van der Waals surface area contributed by atoms with Crippen LogP contribution in [-0.2, 0) is 6.42 Å². The molecule has 0 bridgehead atoms. The number of hydrogen-bond donors (Lipinski definition) is 3. The Kier molecular flexibility index (Phi) is 8.62. The summed E-state index contributed by atoms with van der Waals surface area (Å²) in [5, 5.41) is 16.9. The minimum Gasteiger partial charge on any atom is -0.497 e. The zero-order valence-corrected chi connectivity index (χ0v) is 17.1. The third-order valence-electron chi connectivity index (χ3n) is 4.38. The van der Waals surface area contributed by atoms with Crippen LogP contribution in [0.5, 0.6) is 11.5 Å². The fourth-order valence-electron chi connectivity index (χ4n) is 2.93. The molecule has 0 aromatic heterocycles. The number of aliphatic hydroxyl groups is 1. The maximum absolute atomic E-state index is 10.3. The van der Waals surface area contributed by atoms with Crippen LogP contribution in [0.15, 0.2) is 53.5 Å². The summed E-state index contributed by atoms with van der Waals surface area (Å²) in [7, 11) is 3.29. The zero-order valence-electron chi connectivity index (χ0n) is 17.1. The molecular formula is C22H31N3O3. The summed E-state index contributed by atoms with van der Waals surface area (Å²) < 4.78 is 10.8. The van der Waals surface area contributed by atoms with Gasteiger partial charge >= 0.3 is 0 Å². The van der Waals surface area contributed by atoms with Crippen LogP contribution in [-0.4, -0.2) is 44.5 Å². The molecule has 2 aromatic carbocycles. The van der Waals surface area contributed by atoms with Gasteiger partial charge in [-0.1, -0.05) is 30.3 Å². The van der Waals surface area contributed by atoms with Crippen LogP contribution in [0.2, 0.25) is 0 Å². The molecule has 0 aliphatic rings. The molecule has 0 radical (unpaired) electrons. The van der Waals surface area contributed by atoms with Gasteiger partial charge in [-0.15, -0.1) is 0 Å². The molecule has 0 fully saturated rings. The van der Waals surface area contributed by atoms with Gasteiger partial charge in [-0.25, -0.2) is 0 Å². The summed E-state index contributed by atoms with van der Waals surface area (Å²) in [5.74, 6) is 2.19. The highest BCUT2D eigenvalue weighted by molar-refractivity contribution is 5.80. The van der Waals surface area contributed by atoms with Crippen molar-refractivity contribution in [3.63, 3.8) is 0 Å². The van der Waals surface area contributed by atoms with E-state index < -0.39 is 6.10 Å². The van der Waals surface area contributed by atoms with Gasteiger partial charge in [0, 0.05) is 18.5 Å². The highest BCUT2D eigenvalue weighted by Crippen LogP contribution is 2.29. The van der Waals surface area contributed by atoms with Crippen LogP contribution in [0.25, 0.3) is 0 Å². The zero-order chi connectivity index (χ0) is 20.4. The van der Waals surface area contributed by atoms with Gasteiger partial charge in [0.1, 0.15) is 11.5 Å². The monoisotopic (exact) mass is 385 g/mol. The molecular weight excluding hydrogens is 354 g/mol. The van der Waals surface area contributed by atoms with E-state index in [4.69, 9.17) is 9.47 Å². The Morgan fingerprint density at radius 1 is 1.11 bits per heavy atom. The largest absolute Gasteiger partial charge is 0.497 e. The number of guanidine groups is 1. The highest BCUT2D eigenvalue weighted by Gasteiger charge is 2.15. The van der Waals surface area contributed by atoms with Crippen LogP contribution >= 0.6 is 0 Å². The predicted octanol–water partition coefficient (Wildman–Crippen LogP) is 2.92. The number of aliphatic hydroxyl groups excluding tert-OH is 1. The average Bonchev–Trinajstić information content (AvgIpc) is 2.72. The Morgan fingerprint density at radius 2 is 1.86 bits per heavy atom. The van der Waals surface area contributed by atoms with E-state index in [-0.39, 0.29) is 6.04 Å². The van der Waals surface area contributed by atoms with Crippen LogP contribution in [0.3, 0.4) is 0 Å². The third-order valence-corrected chi connectivity index (χ3v) is 4.38. The first-order chi connectivity index (χ1) is 13.6. The van der Waals surface area contributed by atoms with Gasteiger partial charge in [-0.05, 0) is 37.6 Å². The molecule has 0 spiro atoms. The summed E-state index contributed by atoms with van der Waals surface area (Å²) in [6.07, 6.45) is 0.0303. The van der Waals surface area contributed by atoms with Crippen molar-refractivity contribution in [3.8, 4) is 11.5 Å². The van der Waals surface area contributed by atoms with Crippen molar-refractivity contribution < 1.29 is 14.6 Å². The van der Waals surface area contributed by atoms with Crippen molar-refractivity contribution in [1.82, 2.24) is 10.6 Å². The van der Waals surface area contributed by atoms with Crippen LogP contribution in [0, 0.1) is 0 Å². The highest BCUT2D eigenvalue weighted by atomic mass is 16.5. The van der Waals surface area contributed by atoms with E-state index in [1.54, 1.807) is 14.2 Å². The van der Waals surface area contributed by atoms with E-state index in [1.165, 1.54) is 0 Å². The Bertz CT molecular complexity index is 750. The number of ether oxygens (including phenoxy) is 2. The summed E-state index contributed by atoms with van der Waals surface area (Å²) >= 11 is 0. The first kappa shape index (κ1) is 21.6. The number of benzene rings is 2. The molecule has 2 atom stereocenters. The SMILES string of the molecule is CCNC(=NCC(O)Cc1ccccc1)NC(C)c1cc(OC)ccc1OC. The predicted molar refractivity (Wildman–Crippen MR) is 113 cm³/mol. The third kappa shape index (κ3) is 6.46. The molecule has 0 amide bonds. The minimum absolute atomic E-state index is 0.0610. The lowest BCUT2D eigenvalue weighted by Gasteiger charge is -2.21. The number of aliphatic imine (C=N–C) groups is 1. The fourth-order valence-corrected chi connectivity index (χ4v) is 2.93. The number of nitrogens with zero attached hydrogens (tertiary/aromatic N) is 1. The molecule has 2 unspecified atom stereocenters. The molecule has 0 heterocycles. The number of rotatable bonds is 9. The molecule has 3 N–H and O–H groups in total. The number of nitrogens with one attached hydrogen (secondary N) is 2. The maximum atomic E-state index is 10.3. The first-order valence-electron chi connectivity index (χ1n) is 9.56. The normalized spacial score (nSPS) is 13.5. The van der Waals surface area contributed by atoms with Gasteiger partial charge in [-0.3, -0.25) is 4.99 Å². The van der Waals surface area contributed by atoms with Crippen LogP contribution in [0.4, 0.5) is 0 Å². The average molecular weight is 386 g/mol. The van der Waals surface area contributed by atoms with Crippen molar-refractivity contribution in [2.24, 2.45) is 4.99 Å². The minimum atomic E-state index is -0.542. The number of hydrogen-bond acceptors (Lipinski definition) is 4. The Balaban J connectivity index is 2.05. The van der Waals surface area contributed by atoms with E-state index in [9.17, 15) is 5.11 Å². The molecule has 0 saturated heterocycles. The lowest BCUT2D eigenvalue weighted by molar-refractivity contribution is 0.183. The van der Waals surface area contributed by atoms with E-state index in [0.29, 0.717) is 18.9 Å². The Labute approximate surface area is 167 Å². The van der Waals surface area contributed by atoms with Gasteiger partial charge in [-0.2, -0.15) is 0 Å². The molecule has 2 rings (SSSR count). The fraction of sp³-hybridized carbons (Fsp3) is 0.409. The second kappa shape index (κ2) is 11.2. The second-order valence-corrected chi connectivity index (χ2v) is 6.54. The second-order valence-electron chi connectivity index (χ2n) is 6.54. The number of methoxy groups -OCH3 is 2. The Hall–Kier alpha value is -2.73. The van der Waals surface area contributed by atoms with Crippen molar-refractivity contribution in [1.29, 1.82) is 0 Å². The van der Waals surface area contributed by atoms with Gasteiger partial charge < -0.3 is 25.2 Å². The molecule has 0 aliphatic carbocycles. The quantitative estimate of drug-likeness (QED) is 0.457. The Morgan fingerprint density at radius 3 is 2.50 bits per heavy atom. The molecule has 6 heteroatoms. The van der Waals surface area contributed by atoms with E-state index in [2.05, 4.69) is 15.6 Å². The molecule has 0 aliphatic heterocycles. The topological polar surface area (TPSA) is 75.1 Å². The van der Waals surface area contributed by atoms with Crippen molar-refractivity contribution in [2.75, 3.05) is 27.3 Å². The van der Waals surface area contributed by atoms with E-state index in [1.807, 2.05) is 62.4 Å². The molecule has 0 saturated carbocycles. The maximum Gasteiger partial charge on any atom is 0.191 e. The summed E-state index contributed by atoms with van der Waals surface area (Å²) in [6, 6.07) is 15.6.